The minimum Gasteiger partial charge on any atom is -0.443 e. The Hall–Kier alpha value is -2.07. The quantitative estimate of drug-likeness (QED) is 0.310. The molecule has 0 bridgehead atoms. The van der Waals surface area contributed by atoms with Crippen molar-refractivity contribution in [1.29, 1.82) is 0 Å². The zero-order valence-electron chi connectivity index (χ0n) is 15.7. The fourth-order valence-electron chi connectivity index (χ4n) is 3.22. The maximum absolute atomic E-state index is 5.56. The summed E-state index contributed by atoms with van der Waals surface area (Å²) >= 11 is 1.62. The van der Waals surface area contributed by atoms with Crippen molar-refractivity contribution in [3.05, 3.63) is 59.8 Å². The number of thiophene rings is 1. The van der Waals surface area contributed by atoms with Crippen LogP contribution in [-0.2, 0) is 6.54 Å². The van der Waals surface area contributed by atoms with Crippen molar-refractivity contribution < 1.29 is 4.42 Å². The molecule has 1 aliphatic heterocycles. The van der Waals surface area contributed by atoms with E-state index in [-0.39, 0.29) is 24.0 Å². The van der Waals surface area contributed by atoms with Gasteiger partial charge in [-0.25, -0.2) is 4.98 Å². The molecule has 3 heterocycles. The lowest BCUT2D eigenvalue weighted by atomic mass is 10.3. The molecule has 0 saturated carbocycles. The first-order chi connectivity index (χ1) is 13.3. The number of para-hydroxylation sites is 1. The van der Waals surface area contributed by atoms with Crippen LogP contribution >= 0.6 is 35.3 Å². The third-order valence-corrected chi connectivity index (χ3v) is 5.45. The molecule has 28 heavy (non-hydrogen) atoms. The van der Waals surface area contributed by atoms with Gasteiger partial charge in [-0.05, 0) is 30.0 Å². The van der Waals surface area contributed by atoms with Crippen molar-refractivity contribution in [1.82, 2.24) is 15.6 Å². The molecule has 1 fully saturated rings. The molecule has 4 rings (SSSR count). The van der Waals surface area contributed by atoms with Gasteiger partial charge in [0, 0.05) is 31.9 Å². The van der Waals surface area contributed by atoms with Crippen molar-refractivity contribution in [3.63, 3.8) is 0 Å². The van der Waals surface area contributed by atoms with Crippen LogP contribution in [0.3, 0.4) is 0 Å². The number of guanidine groups is 1. The van der Waals surface area contributed by atoms with Gasteiger partial charge in [0.2, 0.25) is 5.89 Å². The van der Waals surface area contributed by atoms with E-state index in [1.165, 1.54) is 5.69 Å². The lowest BCUT2D eigenvalue weighted by molar-refractivity contribution is 0.573. The summed E-state index contributed by atoms with van der Waals surface area (Å²) in [6.07, 6.45) is 2.78. The van der Waals surface area contributed by atoms with Gasteiger partial charge in [0.25, 0.3) is 0 Å². The molecular formula is C20H24IN5OS. The molecule has 1 saturated heterocycles. The number of aromatic nitrogens is 1. The van der Waals surface area contributed by atoms with Crippen LogP contribution in [0.25, 0.3) is 10.8 Å². The number of rotatable bonds is 5. The van der Waals surface area contributed by atoms with E-state index in [0.29, 0.717) is 18.5 Å². The van der Waals surface area contributed by atoms with Gasteiger partial charge in [0.15, 0.2) is 5.96 Å². The third-order valence-electron chi connectivity index (χ3n) is 4.59. The Balaban J connectivity index is 0.00000225. The molecule has 1 aliphatic rings. The number of nitrogens with one attached hydrogen (secondary N) is 2. The number of oxazole rings is 1. The molecule has 3 aromatic rings. The molecule has 0 aliphatic carbocycles. The van der Waals surface area contributed by atoms with Crippen molar-refractivity contribution in [2.75, 3.05) is 25.0 Å². The molecule has 0 radical (unpaired) electrons. The van der Waals surface area contributed by atoms with E-state index in [2.05, 4.69) is 55.8 Å². The maximum Gasteiger partial charge on any atom is 0.236 e. The Morgan fingerprint density at radius 3 is 2.89 bits per heavy atom. The minimum absolute atomic E-state index is 0. The summed E-state index contributed by atoms with van der Waals surface area (Å²) in [5, 5.41) is 8.86. The fraction of sp³-hybridized carbons (Fsp3) is 0.300. The summed E-state index contributed by atoms with van der Waals surface area (Å²) in [6.45, 7) is 2.59. The summed E-state index contributed by atoms with van der Waals surface area (Å²) in [7, 11) is 1.79. The average Bonchev–Trinajstić information content (AvgIpc) is 3.47. The normalized spacial score (nSPS) is 16.7. The second kappa shape index (κ2) is 9.92. The first kappa shape index (κ1) is 20.7. The molecule has 148 valence electrons. The van der Waals surface area contributed by atoms with E-state index in [4.69, 9.17) is 4.42 Å². The van der Waals surface area contributed by atoms with Crippen LogP contribution in [0.4, 0.5) is 5.69 Å². The highest BCUT2D eigenvalue weighted by molar-refractivity contribution is 14.0. The lowest BCUT2D eigenvalue weighted by Gasteiger charge is -2.20. The maximum atomic E-state index is 5.56. The molecule has 1 atom stereocenters. The van der Waals surface area contributed by atoms with Crippen LogP contribution in [0.5, 0.6) is 0 Å². The first-order valence-corrected chi connectivity index (χ1v) is 9.95. The van der Waals surface area contributed by atoms with E-state index in [1.807, 2.05) is 17.5 Å². The first-order valence-electron chi connectivity index (χ1n) is 9.07. The van der Waals surface area contributed by atoms with Crippen LogP contribution in [0.1, 0.15) is 12.1 Å². The van der Waals surface area contributed by atoms with Crippen LogP contribution in [-0.4, -0.2) is 37.1 Å². The van der Waals surface area contributed by atoms with Gasteiger partial charge < -0.3 is 20.0 Å². The summed E-state index contributed by atoms with van der Waals surface area (Å²) in [5.41, 5.74) is 2.13. The van der Waals surface area contributed by atoms with Gasteiger partial charge in [-0.1, -0.05) is 24.3 Å². The van der Waals surface area contributed by atoms with Crippen LogP contribution in [0.15, 0.2) is 63.5 Å². The average molecular weight is 509 g/mol. The van der Waals surface area contributed by atoms with E-state index < -0.39 is 0 Å². The summed E-state index contributed by atoms with van der Waals surface area (Å²) < 4.78 is 5.56. The Morgan fingerprint density at radius 2 is 2.14 bits per heavy atom. The van der Waals surface area contributed by atoms with E-state index >= 15 is 0 Å². The van der Waals surface area contributed by atoms with Crippen molar-refractivity contribution in [2.45, 2.75) is 19.0 Å². The highest BCUT2D eigenvalue weighted by Gasteiger charge is 2.23. The predicted molar refractivity (Wildman–Crippen MR) is 126 cm³/mol. The number of aliphatic imine (C=N–C) groups is 1. The number of nitrogens with zero attached hydrogens (tertiary/aromatic N) is 3. The number of anilines is 1. The lowest BCUT2D eigenvalue weighted by Crippen LogP contribution is -2.44. The van der Waals surface area contributed by atoms with Gasteiger partial charge in [-0.15, -0.1) is 35.3 Å². The van der Waals surface area contributed by atoms with Gasteiger partial charge in [-0.2, -0.15) is 0 Å². The Morgan fingerprint density at radius 1 is 1.29 bits per heavy atom. The van der Waals surface area contributed by atoms with Crippen molar-refractivity contribution in [3.8, 4) is 10.8 Å². The Bertz CT molecular complexity index is 881. The van der Waals surface area contributed by atoms with Gasteiger partial charge in [0.05, 0.1) is 17.1 Å². The van der Waals surface area contributed by atoms with Crippen LogP contribution < -0.4 is 15.5 Å². The highest BCUT2D eigenvalue weighted by atomic mass is 127. The van der Waals surface area contributed by atoms with Crippen LogP contribution in [0, 0.1) is 0 Å². The monoisotopic (exact) mass is 509 g/mol. The largest absolute Gasteiger partial charge is 0.443 e. The topological polar surface area (TPSA) is 65.7 Å². The van der Waals surface area contributed by atoms with Gasteiger partial charge in [0.1, 0.15) is 6.26 Å². The van der Waals surface area contributed by atoms with Gasteiger partial charge >= 0.3 is 0 Å². The molecule has 0 spiro atoms. The number of halogens is 1. The van der Waals surface area contributed by atoms with Gasteiger partial charge in [-0.3, -0.25) is 4.99 Å². The fourth-order valence-corrected chi connectivity index (χ4v) is 3.87. The molecule has 6 nitrogen and oxygen atoms in total. The number of hydrogen-bond donors (Lipinski definition) is 2. The zero-order chi connectivity index (χ0) is 18.5. The minimum atomic E-state index is 0. The highest BCUT2D eigenvalue weighted by Crippen LogP contribution is 2.23. The smallest absolute Gasteiger partial charge is 0.236 e. The van der Waals surface area contributed by atoms with Crippen molar-refractivity contribution >= 4 is 47.0 Å². The second-order valence-corrected chi connectivity index (χ2v) is 7.41. The van der Waals surface area contributed by atoms with E-state index in [1.54, 1.807) is 24.6 Å². The van der Waals surface area contributed by atoms with E-state index in [0.717, 1.165) is 36.0 Å². The molecule has 0 amide bonds. The van der Waals surface area contributed by atoms with Crippen molar-refractivity contribution in [2.24, 2.45) is 4.99 Å². The summed E-state index contributed by atoms with van der Waals surface area (Å²) in [4.78, 5) is 12.3. The molecule has 8 heteroatoms. The molecule has 1 unspecified atom stereocenters. The van der Waals surface area contributed by atoms with E-state index in [9.17, 15) is 0 Å². The van der Waals surface area contributed by atoms with Crippen LogP contribution in [0.2, 0.25) is 0 Å². The zero-order valence-corrected chi connectivity index (χ0v) is 18.8. The summed E-state index contributed by atoms with van der Waals surface area (Å²) in [5.74, 6) is 1.45. The number of hydrogen-bond acceptors (Lipinski definition) is 5. The molecule has 2 N–H and O–H groups in total. The number of benzene rings is 1. The predicted octanol–water partition coefficient (Wildman–Crippen LogP) is 3.97. The molecule has 1 aromatic carbocycles. The second-order valence-electron chi connectivity index (χ2n) is 6.46. The SMILES string of the molecule is CN=C(NCc1coc(-c2cccs2)n1)NC1CCN(c2ccccc2)C1.I. The Labute approximate surface area is 186 Å². The summed E-state index contributed by atoms with van der Waals surface area (Å²) in [6, 6.07) is 14.9. The Kier molecular flexibility index (Phi) is 7.32. The molecular weight excluding hydrogens is 485 g/mol. The third kappa shape index (κ3) is 5.05. The molecule has 2 aromatic heterocycles. The standard InChI is InChI=1S/C20H23N5OS.HI/c1-21-20(22-12-16-14-26-19(23-16)18-8-5-11-27-18)24-15-9-10-25(13-15)17-6-3-2-4-7-17;/h2-8,11,14-15H,9-10,12-13H2,1H3,(H2,21,22,24);1H.